The summed E-state index contributed by atoms with van der Waals surface area (Å²) in [7, 11) is -12.5. The first kappa shape index (κ1) is 29.7. The molecular formula is C17H16ClN9O9S3. The minimum absolute atomic E-state index is 0.0526. The average Bonchev–Trinajstić information content (AvgIpc) is 2.85. The molecule has 1 aromatic heterocycles. The van der Waals surface area contributed by atoms with Crippen molar-refractivity contribution in [3.05, 3.63) is 62.5 Å². The number of halogens is 1. The van der Waals surface area contributed by atoms with Crippen molar-refractivity contribution in [3.8, 4) is 0 Å². The molecule has 3 rings (SSSR count). The summed E-state index contributed by atoms with van der Waals surface area (Å²) in [5.41, 5.74) is 6.27. The molecule has 3 aromatic rings. The van der Waals surface area contributed by atoms with Crippen molar-refractivity contribution in [2.75, 3.05) is 28.7 Å². The zero-order chi connectivity index (χ0) is 28.8. The van der Waals surface area contributed by atoms with Gasteiger partial charge in [0.1, 0.15) is 0 Å². The highest BCUT2D eigenvalue weighted by Gasteiger charge is 2.33. The third-order valence-corrected chi connectivity index (χ3v) is 8.45. The van der Waals surface area contributed by atoms with Gasteiger partial charge in [0.15, 0.2) is 20.4 Å². The van der Waals surface area contributed by atoms with E-state index in [0.29, 0.717) is 5.69 Å². The van der Waals surface area contributed by atoms with Crippen LogP contribution in [0.5, 0.6) is 0 Å². The van der Waals surface area contributed by atoms with Gasteiger partial charge in [0.25, 0.3) is 0 Å². The van der Waals surface area contributed by atoms with Crippen molar-refractivity contribution >= 4 is 71.4 Å². The number of aromatic nitrogens is 3. The van der Waals surface area contributed by atoms with Crippen LogP contribution in [0.15, 0.2) is 66.0 Å². The van der Waals surface area contributed by atoms with Gasteiger partial charge >= 0.3 is 10.4 Å². The molecule has 1 heterocycles. The number of anilines is 5. The van der Waals surface area contributed by atoms with Crippen LogP contribution in [-0.4, -0.2) is 48.7 Å². The van der Waals surface area contributed by atoms with Crippen molar-refractivity contribution in [3.63, 3.8) is 0 Å². The molecule has 0 amide bonds. The van der Waals surface area contributed by atoms with E-state index in [1.54, 1.807) is 0 Å². The van der Waals surface area contributed by atoms with Crippen LogP contribution in [0.2, 0.25) is 5.28 Å². The fourth-order valence-electron chi connectivity index (χ4n) is 2.87. The molecule has 0 unspecified atom stereocenters. The third-order valence-electron chi connectivity index (χ3n) is 4.53. The van der Waals surface area contributed by atoms with Crippen molar-refractivity contribution < 1.29 is 25.6 Å². The summed E-state index contributed by atoms with van der Waals surface area (Å²) < 4.78 is 65.7. The number of sulfone groups is 1. The van der Waals surface area contributed by atoms with Gasteiger partial charge in [0.05, 0.1) is 27.8 Å². The molecule has 0 spiro atoms. The summed E-state index contributed by atoms with van der Waals surface area (Å²) in [4.78, 5) is 44.6. The Labute approximate surface area is 226 Å². The first-order chi connectivity index (χ1) is 18.3. The van der Waals surface area contributed by atoms with Gasteiger partial charge < -0.3 is 16.4 Å². The van der Waals surface area contributed by atoms with E-state index in [4.69, 9.17) is 21.9 Å². The lowest BCUT2D eigenvalue weighted by Gasteiger charge is -2.17. The van der Waals surface area contributed by atoms with Gasteiger partial charge in [-0.3, -0.25) is 4.55 Å². The lowest BCUT2D eigenvalue weighted by atomic mass is 10.3. The van der Waals surface area contributed by atoms with Crippen LogP contribution in [0.4, 0.5) is 29.0 Å². The van der Waals surface area contributed by atoms with E-state index < -0.39 is 43.2 Å². The number of nitrogens with one attached hydrogen (secondary N) is 2. The molecule has 2 aromatic carbocycles. The SMILES string of the molecule is Nc1cc(Nc2nc(Cl)nc(Nc3ccc(S(=O)(=O)CCOS(=O)(=O)O)cc3)n2)ccc1S(N=O)(N=O)N=O. The number of benzene rings is 2. The maximum absolute atomic E-state index is 12.3. The number of nitrogens with zero attached hydrogens (tertiary/aromatic N) is 6. The van der Waals surface area contributed by atoms with E-state index in [1.807, 2.05) is 0 Å². The van der Waals surface area contributed by atoms with Crippen LogP contribution in [0.1, 0.15) is 0 Å². The summed E-state index contributed by atoms with van der Waals surface area (Å²) >= 11 is 5.96. The van der Waals surface area contributed by atoms with E-state index >= 15 is 0 Å². The summed E-state index contributed by atoms with van der Waals surface area (Å²) in [5.74, 6) is -0.825. The summed E-state index contributed by atoms with van der Waals surface area (Å²) in [6.07, 6.45) is 0. The Morgan fingerprint density at radius 2 is 1.41 bits per heavy atom. The van der Waals surface area contributed by atoms with E-state index in [-0.39, 0.29) is 38.3 Å². The fourth-order valence-corrected chi connectivity index (χ4v) is 5.47. The smallest absolute Gasteiger partial charge is 0.397 e. The average molecular weight is 622 g/mol. The number of nitroso groups, excluding NO2 is 3. The topological polar surface area (TPSA) is 275 Å². The number of hydrogen-bond donors (Lipinski definition) is 4. The zero-order valence-corrected chi connectivity index (χ0v) is 22.2. The minimum atomic E-state index is -4.77. The van der Waals surface area contributed by atoms with Gasteiger partial charge in [0.2, 0.25) is 17.2 Å². The van der Waals surface area contributed by atoms with E-state index in [0.717, 1.165) is 0 Å². The first-order valence-electron chi connectivity index (χ1n) is 9.98. The Balaban J connectivity index is 1.75. The molecule has 0 radical (unpaired) electrons. The van der Waals surface area contributed by atoms with E-state index in [9.17, 15) is 31.6 Å². The van der Waals surface area contributed by atoms with E-state index in [2.05, 4.69) is 43.5 Å². The summed E-state index contributed by atoms with van der Waals surface area (Å²) in [6, 6.07) is 8.97. The van der Waals surface area contributed by atoms with Crippen LogP contribution in [0.25, 0.3) is 0 Å². The molecule has 0 aliphatic heterocycles. The van der Waals surface area contributed by atoms with Crippen molar-refractivity contribution in [1.82, 2.24) is 15.0 Å². The molecule has 18 nitrogen and oxygen atoms in total. The second-order valence-corrected chi connectivity index (χ2v) is 12.6. The monoisotopic (exact) mass is 621 g/mol. The molecule has 0 bridgehead atoms. The Hall–Kier alpha value is -3.89. The molecule has 39 heavy (non-hydrogen) atoms. The second kappa shape index (κ2) is 11.9. The van der Waals surface area contributed by atoms with Crippen LogP contribution < -0.4 is 16.4 Å². The van der Waals surface area contributed by atoms with Crippen LogP contribution in [-0.2, 0) is 24.4 Å². The predicted molar refractivity (Wildman–Crippen MR) is 141 cm³/mol. The molecule has 22 heteroatoms. The Morgan fingerprint density at radius 3 is 1.92 bits per heavy atom. The normalized spacial score (nSPS) is 12.4. The molecule has 0 aliphatic rings. The van der Waals surface area contributed by atoms with Gasteiger partial charge in [-0.25, -0.2) is 12.6 Å². The lowest BCUT2D eigenvalue weighted by molar-refractivity contribution is 0.284. The van der Waals surface area contributed by atoms with Gasteiger partial charge in [-0.1, -0.05) is 0 Å². The number of nitrogen functional groups attached to an aromatic ring is 1. The fraction of sp³-hybridized carbons (Fsp3) is 0.118. The molecule has 208 valence electrons. The molecule has 0 aliphatic carbocycles. The van der Waals surface area contributed by atoms with Crippen LogP contribution in [0.3, 0.4) is 0 Å². The molecule has 0 atom stereocenters. The Kier molecular flexibility index (Phi) is 9.03. The van der Waals surface area contributed by atoms with Gasteiger partial charge in [-0.15, -0.1) is 14.7 Å². The standard InChI is InChI=1S/C17H16ClN9O9S3/c18-15-22-16(20-10-1-4-12(5-2-10)37(31,32)8-7-36-39(33,34)35)24-17(23-15)21-11-3-6-14(13(19)9-11)38(25-28,26-29)27-30/h1-6,9H,7-8,19H2,(H,33,34,35)(H2,20,21,22,23,24). The van der Waals surface area contributed by atoms with E-state index in [1.165, 1.54) is 42.5 Å². The quantitative estimate of drug-likeness (QED) is 0.121. The maximum atomic E-state index is 12.3. The predicted octanol–water partition coefficient (Wildman–Crippen LogP) is 3.40. The van der Waals surface area contributed by atoms with Crippen molar-refractivity contribution in [2.24, 2.45) is 13.7 Å². The zero-order valence-electron chi connectivity index (χ0n) is 19.0. The van der Waals surface area contributed by atoms with Gasteiger partial charge in [-0.05, 0) is 54.1 Å². The first-order valence-corrected chi connectivity index (χ1v) is 14.9. The van der Waals surface area contributed by atoms with Crippen LogP contribution in [0, 0.1) is 14.7 Å². The van der Waals surface area contributed by atoms with Gasteiger partial charge in [-0.2, -0.15) is 23.4 Å². The molecule has 0 saturated carbocycles. The highest BCUT2D eigenvalue weighted by atomic mass is 35.5. The molecule has 5 N–H and O–H groups in total. The molecule has 0 fully saturated rings. The minimum Gasteiger partial charge on any atom is -0.398 e. The number of rotatable bonds is 13. The maximum Gasteiger partial charge on any atom is 0.397 e. The summed E-state index contributed by atoms with van der Waals surface area (Å²) in [6.45, 7) is -0.771. The Morgan fingerprint density at radius 1 is 0.872 bits per heavy atom. The highest BCUT2D eigenvalue weighted by molar-refractivity contribution is 8.30. The second-order valence-electron chi connectivity index (χ2n) is 7.09. The van der Waals surface area contributed by atoms with Gasteiger partial charge in [0, 0.05) is 25.1 Å². The largest absolute Gasteiger partial charge is 0.398 e. The van der Waals surface area contributed by atoms with Crippen LogP contribution >= 0.6 is 22.2 Å². The van der Waals surface area contributed by atoms with Crippen molar-refractivity contribution in [1.29, 1.82) is 0 Å². The third kappa shape index (κ3) is 7.58. The molecule has 0 saturated heterocycles. The van der Waals surface area contributed by atoms with Crippen molar-refractivity contribution in [2.45, 2.75) is 9.79 Å². The molecular weight excluding hydrogens is 606 g/mol. The lowest BCUT2D eigenvalue weighted by Crippen LogP contribution is -2.15. The number of hydrogen-bond acceptors (Lipinski definition) is 17. The Bertz CT molecular complexity index is 1600. The number of nitrogens with two attached hydrogens (primary N) is 1. The summed E-state index contributed by atoms with van der Waals surface area (Å²) in [5, 5.41) is 5.33. The highest BCUT2D eigenvalue weighted by Crippen LogP contribution is 2.61.